The average molecular weight is 446 g/mol. The lowest BCUT2D eigenvalue weighted by molar-refractivity contribution is -0.120. The molecule has 1 amide bonds. The number of halogens is 2. The van der Waals surface area contributed by atoms with Crippen LogP contribution in [0.25, 0.3) is 5.69 Å². The summed E-state index contributed by atoms with van der Waals surface area (Å²) in [6, 6.07) is 10.7. The third kappa shape index (κ3) is 4.49. The highest BCUT2D eigenvalue weighted by atomic mass is 32.2. The molecule has 31 heavy (non-hydrogen) atoms. The second kappa shape index (κ2) is 8.56. The summed E-state index contributed by atoms with van der Waals surface area (Å²) in [5.74, 6) is -2.31. The van der Waals surface area contributed by atoms with Gasteiger partial charge < -0.3 is 5.32 Å². The Kier molecular flexibility index (Phi) is 5.84. The molecule has 1 N–H and O–H groups in total. The predicted molar refractivity (Wildman–Crippen MR) is 110 cm³/mol. The molecule has 1 unspecified atom stereocenters. The number of para-hydroxylation sites is 1. The van der Waals surface area contributed by atoms with Crippen LogP contribution in [0.15, 0.2) is 65.8 Å². The van der Waals surface area contributed by atoms with Crippen molar-refractivity contribution in [1.82, 2.24) is 14.1 Å². The Morgan fingerprint density at radius 1 is 1.06 bits per heavy atom. The molecule has 4 rings (SSSR count). The van der Waals surface area contributed by atoms with E-state index in [0.29, 0.717) is 31.0 Å². The standard InChI is InChI=1S/C21H20F2N4O3S/c22-15-10-16(23)12-17(11-15)25-21(28)20-8-4-5-9-27(20)31(29,30)19-13-24-26(14-19)18-6-2-1-3-7-18/h1-3,6-7,10-14,20H,4-5,8-9H2,(H,25,28). The average Bonchev–Trinajstić information content (AvgIpc) is 3.25. The van der Waals surface area contributed by atoms with Crippen molar-refractivity contribution in [2.75, 3.05) is 11.9 Å². The van der Waals surface area contributed by atoms with Crippen molar-refractivity contribution in [1.29, 1.82) is 0 Å². The molecule has 0 aliphatic carbocycles. The monoisotopic (exact) mass is 446 g/mol. The van der Waals surface area contributed by atoms with Gasteiger partial charge in [-0.15, -0.1) is 0 Å². The molecule has 1 aliphatic rings. The summed E-state index contributed by atoms with van der Waals surface area (Å²) in [5, 5.41) is 6.56. The Labute approximate surface area is 178 Å². The van der Waals surface area contributed by atoms with Gasteiger partial charge in [0.1, 0.15) is 22.6 Å². The van der Waals surface area contributed by atoms with Crippen molar-refractivity contribution in [3.8, 4) is 5.69 Å². The largest absolute Gasteiger partial charge is 0.324 e. The number of hydrogen-bond donors (Lipinski definition) is 1. The van der Waals surface area contributed by atoms with Gasteiger partial charge in [0.2, 0.25) is 15.9 Å². The van der Waals surface area contributed by atoms with E-state index in [1.165, 1.54) is 17.1 Å². The first-order chi connectivity index (χ1) is 14.8. The summed E-state index contributed by atoms with van der Waals surface area (Å²) in [6.07, 6.45) is 4.20. The summed E-state index contributed by atoms with van der Waals surface area (Å²) in [6.45, 7) is 0.161. The number of benzene rings is 2. The minimum Gasteiger partial charge on any atom is -0.324 e. The molecular weight excluding hydrogens is 426 g/mol. The number of aromatic nitrogens is 2. The molecule has 162 valence electrons. The zero-order chi connectivity index (χ0) is 22.0. The van der Waals surface area contributed by atoms with Gasteiger partial charge in [0.05, 0.1) is 18.1 Å². The van der Waals surface area contributed by atoms with Crippen LogP contribution in [0.4, 0.5) is 14.5 Å². The van der Waals surface area contributed by atoms with Crippen molar-refractivity contribution < 1.29 is 22.0 Å². The molecular formula is C21H20F2N4O3S. The molecule has 0 spiro atoms. The number of rotatable bonds is 5. The SMILES string of the molecule is O=C(Nc1cc(F)cc(F)c1)C1CCCCN1S(=O)(=O)c1cnn(-c2ccccc2)c1. The van der Waals surface area contributed by atoms with Crippen molar-refractivity contribution in [3.05, 3.63) is 72.6 Å². The van der Waals surface area contributed by atoms with Crippen LogP contribution in [0.3, 0.4) is 0 Å². The number of sulfonamides is 1. The molecule has 0 radical (unpaired) electrons. The molecule has 0 saturated carbocycles. The lowest BCUT2D eigenvalue weighted by Crippen LogP contribution is -2.49. The minimum absolute atomic E-state index is 0.0344. The number of carbonyl (C=O) groups excluding carboxylic acids is 1. The fourth-order valence-electron chi connectivity index (χ4n) is 3.60. The first-order valence-corrected chi connectivity index (χ1v) is 11.2. The molecule has 2 heterocycles. The smallest absolute Gasteiger partial charge is 0.246 e. The Morgan fingerprint density at radius 2 is 1.77 bits per heavy atom. The second-order valence-corrected chi connectivity index (χ2v) is 9.12. The van der Waals surface area contributed by atoms with Crippen LogP contribution in [-0.4, -0.2) is 41.0 Å². The third-order valence-electron chi connectivity index (χ3n) is 5.07. The number of piperidine rings is 1. The maximum atomic E-state index is 13.4. The Morgan fingerprint density at radius 3 is 2.48 bits per heavy atom. The van der Waals surface area contributed by atoms with Crippen LogP contribution in [0.1, 0.15) is 19.3 Å². The summed E-state index contributed by atoms with van der Waals surface area (Å²) in [7, 11) is -4.01. The van der Waals surface area contributed by atoms with Gasteiger partial charge in [-0.3, -0.25) is 4.79 Å². The van der Waals surface area contributed by atoms with Crippen LogP contribution in [0, 0.1) is 11.6 Å². The van der Waals surface area contributed by atoms with Gasteiger partial charge in [0.25, 0.3) is 0 Å². The fourth-order valence-corrected chi connectivity index (χ4v) is 5.19. The summed E-state index contributed by atoms with van der Waals surface area (Å²) in [5.41, 5.74) is 0.632. The van der Waals surface area contributed by atoms with Crippen LogP contribution < -0.4 is 5.32 Å². The topological polar surface area (TPSA) is 84.3 Å². The van der Waals surface area contributed by atoms with Gasteiger partial charge in [-0.1, -0.05) is 24.6 Å². The number of carbonyl (C=O) groups is 1. The molecule has 3 aromatic rings. The van der Waals surface area contributed by atoms with Gasteiger partial charge in [-0.05, 0) is 37.1 Å². The van der Waals surface area contributed by atoms with Crippen LogP contribution in [-0.2, 0) is 14.8 Å². The first kappa shape index (κ1) is 21.1. The van der Waals surface area contributed by atoms with E-state index in [9.17, 15) is 22.0 Å². The minimum atomic E-state index is -4.01. The van der Waals surface area contributed by atoms with E-state index in [1.54, 1.807) is 12.1 Å². The van der Waals surface area contributed by atoms with E-state index < -0.39 is 33.6 Å². The number of nitrogens with one attached hydrogen (secondary N) is 1. The summed E-state index contributed by atoms with van der Waals surface area (Å²) in [4.78, 5) is 12.8. The third-order valence-corrected chi connectivity index (χ3v) is 6.93. The van der Waals surface area contributed by atoms with Crippen molar-refractivity contribution in [2.24, 2.45) is 0 Å². The fraction of sp³-hybridized carbons (Fsp3) is 0.238. The molecule has 0 bridgehead atoms. The van der Waals surface area contributed by atoms with Crippen LogP contribution in [0.5, 0.6) is 0 Å². The maximum absolute atomic E-state index is 13.4. The number of amides is 1. The zero-order valence-electron chi connectivity index (χ0n) is 16.4. The molecule has 1 atom stereocenters. The molecule has 1 aliphatic heterocycles. The quantitative estimate of drug-likeness (QED) is 0.652. The van der Waals surface area contributed by atoms with Crippen molar-refractivity contribution in [3.63, 3.8) is 0 Å². The lowest BCUT2D eigenvalue weighted by Gasteiger charge is -2.33. The van der Waals surface area contributed by atoms with E-state index in [2.05, 4.69) is 10.4 Å². The van der Waals surface area contributed by atoms with E-state index in [-0.39, 0.29) is 17.1 Å². The number of anilines is 1. The van der Waals surface area contributed by atoms with Crippen LogP contribution in [0.2, 0.25) is 0 Å². The normalized spacial score (nSPS) is 17.4. The highest BCUT2D eigenvalue weighted by Crippen LogP contribution is 2.27. The lowest BCUT2D eigenvalue weighted by atomic mass is 10.0. The molecule has 7 nitrogen and oxygen atoms in total. The first-order valence-electron chi connectivity index (χ1n) is 9.73. The second-order valence-electron chi connectivity index (χ2n) is 7.23. The number of nitrogens with zero attached hydrogens (tertiary/aromatic N) is 3. The van der Waals surface area contributed by atoms with E-state index in [4.69, 9.17) is 0 Å². The number of hydrogen-bond acceptors (Lipinski definition) is 4. The Hall–Kier alpha value is -3.11. The molecule has 2 aromatic carbocycles. The Balaban J connectivity index is 1.59. The van der Waals surface area contributed by atoms with Gasteiger partial charge in [0.15, 0.2) is 0 Å². The predicted octanol–water partition coefficient (Wildman–Crippen LogP) is 3.33. The van der Waals surface area contributed by atoms with Crippen molar-refractivity contribution in [2.45, 2.75) is 30.2 Å². The van der Waals surface area contributed by atoms with Gasteiger partial charge in [-0.25, -0.2) is 21.9 Å². The van der Waals surface area contributed by atoms with E-state index >= 15 is 0 Å². The van der Waals surface area contributed by atoms with E-state index in [0.717, 1.165) is 16.4 Å². The highest BCUT2D eigenvalue weighted by Gasteiger charge is 2.38. The molecule has 10 heteroatoms. The molecule has 1 fully saturated rings. The maximum Gasteiger partial charge on any atom is 0.246 e. The highest BCUT2D eigenvalue weighted by molar-refractivity contribution is 7.89. The van der Waals surface area contributed by atoms with E-state index in [1.807, 2.05) is 18.2 Å². The summed E-state index contributed by atoms with van der Waals surface area (Å²) < 4.78 is 56.0. The van der Waals surface area contributed by atoms with Gasteiger partial charge >= 0.3 is 0 Å². The van der Waals surface area contributed by atoms with Crippen molar-refractivity contribution >= 4 is 21.6 Å². The molecule has 1 saturated heterocycles. The van der Waals surface area contributed by atoms with Gasteiger partial charge in [0, 0.05) is 18.3 Å². The Bertz CT molecular complexity index is 1180. The molecule has 1 aromatic heterocycles. The zero-order valence-corrected chi connectivity index (χ0v) is 17.2. The van der Waals surface area contributed by atoms with Crippen LogP contribution >= 0.6 is 0 Å². The summed E-state index contributed by atoms with van der Waals surface area (Å²) >= 11 is 0. The van der Waals surface area contributed by atoms with Gasteiger partial charge in [-0.2, -0.15) is 9.40 Å².